The largest absolute Gasteiger partial charge is 0.465 e. The summed E-state index contributed by atoms with van der Waals surface area (Å²) in [6, 6.07) is 6.91. The zero-order chi connectivity index (χ0) is 16.8. The van der Waals surface area contributed by atoms with Gasteiger partial charge in [-0.05, 0) is 45.4 Å². The first-order chi connectivity index (χ1) is 10.2. The molecular weight excluding hydrogens is 306 g/mol. The lowest BCUT2D eigenvalue weighted by atomic mass is 9.99. The molecule has 0 aromatic heterocycles. The third-order valence-corrected chi connectivity index (χ3v) is 2.91. The van der Waals surface area contributed by atoms with Crippen molar-refractivity contribution in [1.29, 1.82) is 0 Å². The third kappa shape index (κ3) is 6.35. The monoisotopic (exact) mass is 327 g/mol. The lowest BCUT2D eigenvalue weighted by Gasteiger charge is -2.21. The average Bonchev–Trinajstić information content (AvgIpc) is 2.37. The van der Waals surface area contributed by atoms with E-state index in [4.69, 9.17) is 21.1 Å². The smallest absolute Gasteiger partial charge is 0.407 e. The first-order valence-electron chi connectivity index (χ1n) is 7.12. The Hall–Kier alpha value is -1.75. The zero-order valence-electron chi connectivity index (χ0n) is 13.3. The van der Waals surface area contributed by atoms with Crippen LogP contribution in [0.15, 0.2) is 24.3 Å². The van der Waals surface area contributed by atoms with Crippen LogP contribution in [0.2, 0.25) is 5.02 Å². The van der Waals surface area contributed by atoms with Gasteiger partial charge in [-0.25, -0.2) is 4.79 Å². The molecule has 1 atom stereocenters. The molecule has 122 valence electrons. The number of halogens is 1. The molecule has 1 N–H and O–H groups in total. The predicted molar refractivity (Wildman–Crippen MR) is 85.1 cm³/mol. The number of carbonyl (C=O) groups excluding carboxylic acids is 2. The second-order valence-electron chi connectivity index (χ2n) is 5.74. The fourth-order valence-corrected chi connectivity index (χ4v) is 2.00. The molecule has 0 aliphatic heterocycles. The van der Waals surface area contributed by atoms with Gasteiger partial charge in [0.2, 0.25) is 0 Å². The second kappa shape index (κ2) is 8.03. The Morgan fingerprint density at radius 3 is 2.55 bits per heavy atom. The van der Waals surface area contributed by atoms with Crippen molar-refractivity contribution in [3.8, 4) is 0 Å². The van der Waals surface area contributed by atoms with Crippen LogP contribution in [0.3, 0.4) is 0 Å². The van der Waals surface area contributed by atoms with Crippen LogP contribution in [-0.2, 0) is 14.3 Å². The average molecular weight is 328 g/mol. The van der Waals surface area contributed by atoms with E-state index in [0.717, 1.165) is 0 Å². The number of benzene rings is 1. The van der Waals surface area contributed by atoms with Crippen molar-refractivity contribution in [3.05, 3.63) is 34.9 Å². The van der Waals surface area contributed by atoms with Gasteiger partial charge in [0.25, 0.3) is 0 Å². The minimum atomic E-state index is -0.633. The summed E-state index contributed by atoms with van der Waals surface area (Å²) in [7, 11) is 0. The van der Waals surface area contributed by atoms with Crippen molar-refractivity contribution in [2.75, 3.05) is 13.2 Å². The second-order valence-corrected chi connectivity index (χ2v) is 6.18. The zero-order valence-corrected chi connectivity index (χ0v) is 14.1. The molecule has 5 nitrogen and oxygen atoms in total. The van der Waals surface area contributed by atoms with Crippen molar-refractivity contribution >= 4 is 23.7 Å². The van der Waals surface area contributed by atoms with Crippen LogP contribution in [-0.4, -0.2) is 30.8 Å². The van der Waals surface area contributed by atoms with Gasteiger partial charge in [0.15, 0.2) is 0 Å². The third-order valence-electron chi connectivity index (χ3n) is 2.67. The van der Waals surface area contributed by atoms with Gasteiger partial charge in [0.05, 0.1) is 12.5 Å². The van der Waals surface area contributed by atoms with Crippen LogP contribution in [0.25, 0.3) is 0 Å². The molecule has 0 spiro atoms. The summed E-state index contributed by atoms with van der Waals surface area (Å²) in [6.45, 7) is 7.38. The van der Waals surface area contributed by atoms with Crippen molar-refractivity contribution < 1.29 is 19.1 Å². The number of hydrogen-bond donors (Lipinski definition) is 1. The van der Waals surface area contributed by atoms with Gasteiger partial charge < -0.3 is 14.8 Å². The summed E-state index contributed by atoms with van der Waals surface area (Å²) in [5.74, 6) is -1.05. The summed E-state index contributed by atoms with van der Waals surface area (Å²) in [5.41, 5.74) is 0.0848. The van der Waals surface area contributed by atoms with E-state index in [1.54, 1.807) is 52.0 Å². The Labute approximate surface area is 135 Å². The number of ether oxygens (including phenoxy) is 2. The number of rotatable bonds is 5. The highest BCUT2D eigenvalue weighted by Crippen LogP contribution is 2.21. The lowest BCUT2D eigenvalue weighted by molar-refractivity contribution is -0.144. The summed E-state index contributed by atoms with van der Waals surface area (Å²) in [5, 5.41) is 3.11. The van der Waals surface area contributed by atoms with Gasteiger partial charge in [-0.1, -0.05) is 23.7 Å². The van der Waals surface area contributed by atoms with Crippen LogP contribution in [0.4, 0.5) is 4.79 Å². The van der Waals surface area contributed by atoms with E-state index in [-0.39, 0.29) is 13.2 Å². The van der Waals surface area contributed by atoms with E-state index in [1.807, 2.05) is 0 Å². The van der Waals surface area contributed by atoms with Crippen LogP contribution in [0.5, 0.6) is 0 Å². The normalized spacial score (nSPS) is 12.4. The van der Waals surface area contributed by atoms with E-state index in [2.05, 4.69) is 5.32 Å². The number of carbonyl (C=O) groups is 2. The Kier molecular flexibility index (Phi) is 6.68. The maximum absolute atomic E-state index is 12.1. The van der Waals surface area contributed by atoms with Gasteiger partial charge in [0.1, 0.15) is 5.60 Å². The highest BCUT2D eigenvalue weighted by Gasteiger charge is 2.24. The molecule has 1 amide bonds. The van der Waals surface area contributed by atoms with E-state index >= 15 is 0 Å². The van der Waals surface area contributed by atoms with Crippen LogP contribution in [0.1, 0.15) is 39.2 Å². The summed E-state index contributed by atoms with van der Waals surface area (Å²) >= 11 is 5.96. The van der Waals surface area contributed by atoms with E-state index in [0.29, 0.717) is 10.6 Å². The van der Waals surface area contributed by atoms with Gasteiger partial charge in [-0.2, -0.15) is 0 Å². The summed E-state index contributed by atoms with van der Waals surface area (Å²) < 4.78 is 10.2. The number of alkyl carbamates (subject to hydrolysis) is 1. The summed E-state index contributed by atoms with van der Waals surface area (Å²) in [4.78, 5) is 23.8. The maximum Gasteiger partial charge on any atom is 0.407 e. The standard InChI is InChI=1S/C16H22ClNO4/c1-5-21-14(19)13(11-7-6-8-12(17)9-11)10-18-15(20)22-16(2,3)4/h6-9,13H,5,10H2,1-4H3,(H,18,20)/t13-/m0/s1. The number of amides is 1. The predicted octanol–water partition coefficient (Wildman–Crippen LogP) is 3.51. The van der Waals surface area contributed by atoms with E-state index < -0.39 is 23.6 Å². The summed E-state index contributed by atoms with van der Waals surface area (Å²) in [6.07, 6.45) is -0.580. The van der Waals surface area contributed by atoms with E-state index in [1.165, 1.54) is 0 Å². The number of nitrogens with one attached hydrogen (secondary N) is 1. The molecule has 0 saturated heterocycles. The van der Waals surface area contributed by atoms with Crippen molar-refractivity contribution in [1.82, 2.24) is 5.32 Å². The Morgan fingerprint density at radius 2 is 2.00 bits per heavy atom. The molecular formula is C16H22ClNO4. The van der Waals surface area contributed by atoms with Gasteiger partial charge >= 0.3 is 12.1 Å². The molecule has 0 bridgehead atoms. The molecule has 22 heavy (non-hydrogen) atoms. The van der Waals surface area contributed by atoms with E-state index in [9.17, 15) is 9.59 Å². The minimum absolute atomic E-state index is 0.0775. The fourth-order valence-electron chi connectivity index (χ4n) is 1.80. The highest BCUT2D eigenvalue weighted by atomic mass is 35.5. The van der Waals surface area contributed by atoms with Crippen LogP contribution < -0.4 is 5.32 Å². The van der Waals surface area contributed by atoms with Crippen molar-refractivity contribution in [2.45, 2.75) is 39.2 Å². The Morgan fingerprint density at radius 1 is 1.32 bits per heavy atom. The Balaban J connectivity index is 2.79. The maximum atomic E-state index is 12.1. The first-order valence-corrected chi connectivity index (χ1v) is 7.49. The van der Waals surface area contributed by atoms with Crippen molar-refractivity contribution in [3.63, 3.8) is 0 Å². The lowest BCUT2D eigenvalue weighted by Crippen LogP contribution is -2.36. The molecule has 0 radical (unpaired) electrons. The molecule has 0 aliphatic carbocycles. The highest BCUT2D eigenvalue weighted by molar-refractivity contribution is 6.30. The van der Waals surface area contributed by atoms with Gasteiger partial charge in [-0.15, -0.1) is 0 Å². The van der Waals surface area contributed by atoms with Crippen LogP contribution >= 0.6 is 11.6 Å². The molecule has 1 aromatic carbocycles. The molecule has 0 aliphatic rings. The quantitative estimate of drug-likeness (QED) is 0.840. The van der Waals surface area contributed by atoms with Crippen molar-refractivity contribution in [2.24, 2.45) is 0 Å². The molecule has 0 saturated carbocycles. The van der Waals surface area contributed by atoms with Gasteiger partial charge in [0, 0.05) is 11.6 Å². The molecule has 1 rings (SSSR count). The number of hydrogen-bond acceptors (Lipinski definition) is 4. The molecule has 0 fully saturated rings. The molecule has 0 unspecified atom stereocenters. The number of esters is 1. The topological polar surface area (TPSA) is 64.6 Å². The Bertz CT molecular complexity index is 525. The fraction of sp³-hybridized carbons (Fsp3) is 0.500. The SMILES string of the molecule is CCOC(=O)[C@@H](CNC(=O)OC(C)(C)C)c1cccc(Cl)c1. The minimum Gasteiger partial charge on any atom is -0.465 e. The molecule has 6 heteroatoms. The van der Waals surface area contributed by atoms with Gasteiger partial charge in [-0.3, -0.25) is 4.79 Å². The molecule has 0 heterocycles. The molecule has 1 aromatic rings. The van der Waals surface area contributed by atoms with Crippen LogP contribution in [0, 0.1) is 0 Å². The first kappa shape index (κ1) is 18.3.